The first-order chi connectivity index (χ1) is 17.4. The number of halogens is 1. The first-order valence-corrected chi connectivity index (χ1v) is 12.5. The van der Waals surface area contributed by atoms with Gasteiger partial charge in [-0.1, -0.05) is 6.07 Å². The monoisotopic (exact) mass is 485 g/mol. The molecule has 0 atom stereocenters. The van der Waals surface area contributed by atoms with E-state index in [1.54, 1.807) is 13.0 Å². The molecule has 1 aliphatic rings. The summed E-state index contributed by atoms with van der Waals surface area (Å²) in [6.07, 6.45) is 4.88. The molecule has 1 fully saturated rings. The van der Waals surface area contributed by atoms with E-state index < -0.39 is 0 Å². The quantitative estimate of drug-likeness (QED) is 0.312. The normalized spacial score (nSPS) is 13.4. The SMILES string of the molecule is Cc1c(F)cc(C(=O)NC2CC2)cc1-c1ccc2c(cnn2-c2ccc(NCCCN(C)C)cc2)c1. The van der Waals surface area contributed by atoms with Crippen molar-refractivity contribution in [2.75, 3.05) is 32.5 Å². The summed E-state index contributed by atoms with van der Waals surface area (Å²) in [4.78, 5) is 14.7. The summed E-state index contributed by atoms with van der Waals surface area (Å²) in [6, 6.07) is 17.5. The van der Waals surface area contributed by atoms with Crippen molar-refractivity contribution in [3.05, 3.63) is 77.7 Å². The van der Waals surface area contributed by atoms with E-state index in [1.165, 1.54) is 6.07 Å². The van der Waals surface area contributed by atoms with Crippen LogP contribution in [-0.4, -0.2) is 53.8 Å². The van der Waals surface area contributed by atoms with Crippen molar-refractivity contribution < 1.29 is 9.18 Å². The van der Waals surface area contributed by atoms with Gasteiger partial charge in [0.1, 0.15) is 5.82 Å². The molecule has 1 aromatic heterocycles. The molecule has 1 aliphatic carbocycles. The Morgan fingerprint density at radius 2 is 1.89 bits per heavy atom. The van der Waals surface area contributed by atoms with E-state index in [-0.39, 0.29) is 17.8 Å². The van der Waals surface area contributed by atoms with Crippen LogP contribution in [0.1, 0.15) is 35.2 Å². The molecule has 1 saturated carbocycles. The second kappa shape index (κ2) is 10.1. The number of anilines is 1. The Morgan fingerprint density at radius 3 is 2.61 bits per heavy atom. The summed E-state index contributed by atoms with van der Waals surface area (Å²) in [7, 11) is 4.16. The third kappa shape index (κ3) is 5.26. The predicted octanol–water partition coefficient (Wildman–Crippen LogP) is 5.40. The Balaban J connectivity index is 1.37. The van der Waals surface area contributed by atoms with Gasteiger partial charge in [-0.05, 0) is 112 Å². The zero-order valence-electron chi connectivity index (χ0n) is 21.0. The van der Waals surface area contributed by atoms with Gasteiger partial charge in [-0.2, -0.15) is 5.10 Å². The number of aromatic nitrogens is 2. The van der Waals surface area contributed by atoms with Crippen LogP contribution in [0.2, 0.25) is 0 Å². The summed E-state index contributed by atoms with van der Waals surface area (Å²) < 4.78 is 16.6. The van der Waals surface area contributed by atoms with Crippen molar-refractivity contribution in [2.24, 2.45) is 0 Å². The molecule has 6 nitrogen and oxygen atoms in total. The minimum Gasteiger partial charge on any atom is -0.385 e. The van der Waals surface area contributed by atoms with E-state index in [9.17, 15) is 9.18 Å². The molecule has 2 N–H and O–H groups in total. The molecule has 0 unspecified atom stereocenters. The predicted molar refractivity (Wildman–Crippen MR) is 143 cm³/mol. The lowest BCUT2D eigenvalue weighted by molar-refractivity contribution is 0.0950. The smallest absolute Gasteiger partial charge is 0.251 e. The van der Waals surface area contributed by atoms with Crippen molar-refractivity contribution in [1.29, 1.82) is 0 Å². The maximum atomic E-state index is 14.7. The van der Waals surface area contributed by atoms with E-state index in [4.69, 9.17) is 0 Å². The van der Waals surface area contributed by atoms with Crippen molar-refractivity contribution in [3.63, 3.8) is 0 Å². The second-order valence-electron chi connectivity index (χ2n) is 9.84. The first-order valence-electron chi connectivity index (χ1n) is 12.5. The lowest BCUT2D eigenvalue weighted by Crippen LogP contribution is -2.25. The van der Waals surface area contributed by atoms with Gasteiger partial charge in [-0.25, -0.2) is 9.07 Å². The molecule has 7 heteroatoms. The molecule has 5 rings (SSSR count). The van der Waals surface area contributed by atoms with Crippen molar-refractivity contribution >= 4 is 22.5 Å². The number of rotatable bonds is 9. The van der Waals surface area contributed by atoms with Gasteiger partial charge in [0.25, 0.3) is 5.91 Å². The Labute approximate surface area is 211 Å². The number of hydrogen-bond donors (Lipinski definition) is 2. The number of nitrogens with one attached hydrogen (secondary N) is 2. The highest BCUT2D eigenvalue weighted by Crippen LogP contribution is 2.31. The molecule has 0 aliphatic heterocycles. The van der Waals surface area contributed by atoms with E-state index in [1.807, 2.05) is 29.1 Å². The summed E-state index contributed by atoms with van der Waals surface area (Å²) in [5.74, 6) is -0.596. The summed E-state index contributed by atoms with van der Waals surface area (Å²) in [6.45, 7) is 3.72. The molecule has 1 heterocycles. The first kappa shape index (κ1) is 24.0. The number of nitrogens with zero attached hydrogens (tertiary/aromatic N) is 3. The Morgan fingerprint density at radius 1 is 1.11 bits per heavy atom. The van der Waals surface area contributed by atoms with Crippen LogP contribution < -0.4 is 10.6 Å². The molecular formula is C29H32FN5O. The van der Waals surface area contributed by atoms with Gasteiger partial charge >= 0.3 is 0 Å². The third-order valence-electron chi connectivity index (χ3n) is 6.62. The highest BCUT2D eigenvalue weighted by Gasteiger charge is 2.24. The zero-order valence-corrected chi connectivity index (χ0v) is 21.0. The van der Waals surface area contributed by atoms with Gasteiger partial charge in [0.05, 0.1) is 17.4 Å². The second-order valence-corrected chi connectivity index (χ2v) is 9.84. The van der Waals surface area contributed by atoms with Gasteiger partial charge in [-0.3, -0.25) is 4.79 Å². The van der Waals surface area contributed by atoms with E-state index in [0.717, 1.165) is 65.8 Å². The minimum atomic E-state index is -0.375. The fraction of sp³-hybridized carbons (Fsp3) is 0.310. The molecule has 0 spiro atoms. The third-order valence-corrected chi connectivity index (χ3v) is 6.62. The number of benzene rings is 3. The minimum absolute atomic E-state index is 0.220. The van der Waals surface area contributed by atoms with Crippen molar-refractivity contribution in [3.8, 4) is 16.8 Å². The molecular weight excluding hydrogens is 453 g/mol. The van der Waals surface area contributed by atoms with Crippen LogP contribution in [0.5, 0.6) is 0 Å². The lowest BCUT2D eigenvalue weighted by Gasteiger charge is -2.12. The van der Waals surface area contributed by atoms with Crippen LogP contribution in [0.15, 0.2) is 60.8 Å². The van der Waals surface area contributed by atoms with Gasteiger partial charge < -0.3 is 15.5 Å². The van der Waals surface area contributed by atoms with E-state index in [2.05, 4.69) is 59.0 Å². The maximum Gasteiger partial charge on any atom is 0.251 e. The number of carbonyl (C=O) groups is 1. The summed E-state index contributed by atoms with van der Waals surface area (Å²) in [5.41, 5.74) is 5.47. The number of amides is 1. The Bertz CT molecular complexity index is 1390. The van der Waals surface area contributed by atoms with Gasteiger partial charge in [-0.15, -0.1) is 0 Å². The maximum absolute atomic E-state index is 14.7. The fourth-order valence-electron chi connectivity index (χ4n) is 4.36. The fourth-order valence-corrected chi connectivity index (χ4v) is 4.36. The van der Waals surface area contributed by atoms with E-state index >= 15 is 0 Å². The Kier molecular flexibility index (Phi) is 6.74. The number of hydrogen-bond acceptors (Lipinski definition) is 4. The highest BCUT2D eigenvalue weighted by atomic mass is 19.1. The molecule has 1 amide bonds. The number of fused-ring (bicyclic) bond motifs is 1. The summed E-state index contributed by atoms with van der Waals surface area (Å²) in [5, 5.41) is 12.0. The van der Waals surface area contributed by atoms with E-state index in [0.29, 0.717) is 11.1 Å². The van der Waals surface area contributed by atoms with Crippen LogP contribution >= 0.6 is 0 Å². The molecule has 4 aromatic rings. The molecule has 0 bridgehead atoms. The van der Waals surface area contributed by atoms with Crippen molar-refractivity contribution in [2.45, 2.75) is 32.2 Å². The molecule has 3 aromatic carbocycles. The van der Waals surface area contributed by atoms with Crippen LogP contribution in [0.25, 0.3) is 27.7 Å². The summed E-state index contributed by atoms with van der Waals surface area (Å²) >= 11 is 0. The van der Waals surface area contributed by atoms with Crippen LogP contribution in [0.4, 0.5) is 10.1 Å². The van der Waals surface area contributed by atoms with Crippen LogP contribution in [0, 0.1) is 12.7 Å². The van der Waals surface area contributed by atoms with Gasteiger partial charge in [0, 0.05) is 29.2 Å². The number of carbonyl (C=O) groups excluding carboxylic acids is 1. The zero-order chi connectivity index (χ0) is 25.2. The molecule has 0 radical (unpaired) electrons. The molecule has 186 valence electrons. The average molecular weight is 486 g/mol. The average Bonchev–Trinajstić information content (AvgIpc) is 3.58. The van der Waals surface area contributed by atoms with Gasteiger partial charge in [0.2, 0.25) is 0 Å². The van der Waals surface area contributed by atoms with Crippen LogP contribution in [0.3, 0.4) is 0 Å². The standard InChI is InChI=1S/C29H32FN5O/c1-19-26(16-21(17-27(19)30)29(36)33-24-6-7-24)20-5-12-28-22(15-20)18-32-35(28)25-10-8-23(9-11-25)31-13-4-14-34(2)3/h5,8-12,15-18,24,31H,4,6-7,13-14H2,1-3H3,(H,33,36). The lowest BCUT2D eigenvalue weighted by atomic mass is 9.96. The topological polar surface area (TPSA) is 62.2 Å². The van der Waals surface area contributed by atoms with Crippen LogP contribution in [-0.2, 0) is 0 Å². The van der Waals surface area contributed by atoms with Gasteiger partial charge in [0.15, 0.2) is 0 Å². The largest absolute Gasteiger partial charge is 0.385 e. The molecule has 0 saturated heterocycles. The Hall–Kier alpha value is -3.71. The van der Waals surface area contributed by atoms with Crippen molar-refractivity contribution in [1.82, 2.24) is 20.0 Å². The molecule has 36 heavy (non-hydrogen) atoms. The highest BCUT2D eigenvalue weighted by molar-refractivity contribution is 5.96.